The average Bonchev–Trinajstić information content (AvgIpc) is 2.50. The third kappa shape index (κ3) is 7.11. The number of amides is 2. The fraction of sp³-hybridized carbons (Fsp3) is 0.529. The Morgan fingerprint density at radius 3 is 2.36 bits per heavy atom. The second-order valence-electron chi connectivity index (χ2n) is 5.54. The van der Waals surface area contributed by atoms with Crippen molar-refractivity contribution < 1.29 is 14.3 Å². The first-order chi connectivity index (χ1) is 10.5. The van der Waals surface area contributed by atoms with Gasteiger partial charge in [0.15, 0.2) is 0 Å². The second-order valence-corrected chi connectivity index (χ2v) is 5.54. The number of esters is 1. The molecule has 2 amide bonds. The molecule has 5 heteroatoms. The van der Waals surface area contributed by atoms with Gasteiger partial charge in [-0.05, 0) is 36.5 Å². The standard InChI is InChI=1S/C17H26N2O3/c1-13(2)14-8-10-15(11-9-14)19-17(21)18-12-6-4-5-7-16(20)22-3/h8-11,13H,4-7,12H2,1-3H3,(H2,18,19,21). The summed E-state index contributed by atoms with van der Waals surface area (Å²) in [5.41, 5.74) is 2.03. The number of unbranched alkanes of at least 4 members (excludes halogenated alkanes) is 2. The van der Waals surface area contributed by atoms with Crippen molar-refractivity contribution in [1.82, 2.24) is 5.32 Å². The van der Waals surface area contributed by atoms with Crippen molar-refractivity contribution in [2.75, 3.05) is 19.0 Å². The molecular weight excluding hydrogens is 280 g/mol. The largest absolute Gasteiger partial charge is 0.469 e. The van der Waals surface area contributed by atoms with Crippen LogP contribution in [0.4, 0.5) is 10.5 Å². The van der Waals surface area contributed by atoms with Crippen molar-refractivity contribution in [3.8, 4) is 0 Å². The van der Waals surface area contributed by atoms with Crippen molar-refractivity contribution in [1.29, 1.82) is 0 Å². The van der Waals surface area contributed by atoms with Crippen LogP contribution in [0.3, 0.4) is 0 Å². The highest BCUT2D eigenvalue weighted by molar-refractivity contribution is 5.89. The van der Waals surface area contributed by atoms with Crippen LogP contribution in [-0.4, -0.2) is 25.7 Å². The molecule has 0 atom stereocenters. The van der Waals surface area contributed by atoms with Gasteiger partial charge in [0, 0.05) is 18.7 Å². The third-order valence-corrected chi connectivity index (χ3v) is 3.41. The lowest BCUT2D eigenvalue weighted by Gasteiger charge is -2.09. The molecule has 0 saturated heterocycles. The normalized spacial score (nSPS) is 10.4. The molecule has 1 rings (SSSR count). The van der Waals surface area contributed by atoms with Crippen molar-refractivity contribution in [2.45, 2.75) is 45.4 Å². The van der Waals surface area contributed by atoms with Gasteiger partial charge in [0.2, 0.25) is 0 Å². The molecule has 2 N–H and O–H groups in total. The van der Waals surface area contributed by atoms with Crippen molar-refractivity contribution in [3.05, 3.63) is 29.8 Å². The van der Waals surface area contributed by atoms with Gasteiger partial charge in [0.05, 0.1) is 7.11 Å². The summed E-state index contributed by atoms with van der Waals surface area (Å²) >= 11 is 0. The lowest BCUT2D eigenvalue weighted by molar-refractivity contribution is -0.140. The zero-order chi connectivity index (χ0) is 16.4. The molecule has 0 aliphatic rings. The molecule has 0 aromatic heterocycles. The molecular formula is C17H26N2O3. The molecule has 0 spiro atoms. The van der Waals surface area contributed by atoms with Gasteiger partial charge in [-0.25, -0.2) is 4.79 Å². The SMILES string of the molecule is COC(=O)CCCCCNC(=O)Nc1ccc(C(C)C)cc1. The lowest BCUT2D eigenvalue weighted by atomic mass is 10.0. The molecule has 122 valence electrons. The van der Waals surface area contributed by atoms with E-state index in [9.17, 15) is 9.59 Å². The Kier molecular flexibility index (Phi) is 8.04. The molecule has 0 aliphatic heterocycles. The summed E-state index contributed by atoms with van der Waals surface area (Å²) in [6.07, 6.45) is 2.95. The zero-order valence-electron chi connectivity index (χ0n) is 13.6. The van der Waals surface area contributed by atoms with E-state index in [1.165, 1.54) is 12.7 Å². The molecule has 0 bridgehead atoms. The van der Waals surface area contributed by atoms with Crippen molar-refractivity contribution in [3.63, 3.8) is 0 Å². The van der Waals surface area contributed by atoms with Crippen molar-refractivity contribution >= 4 is 17.7 Å². The van der Waals surface area contributed by atoms with Crippen LogP contribution in [0, 0.1) is 0 Å². The number of urea groups is 1. The van der Waals surface area contributed by atoms with Gasteiger partial charge >= 0.3 is 12.0 Å². The Balaban J connectivity index is 2.17. The summed E-state index contributed by atoms with van der Waals surface area (Å²) in [4.78, 5) is 22.6. The first kappa shape index (κ1) is 18.0. The van der Waals surface area contributed by atoms with E-state index >= 15 is 0 Å². The first-order valence-corrected chi connectivity index (χ1v) is 7.74. The number of anilines is 1. The van der Waals surface area contributed by atoms with E-state index in [1.807, 2.05) is 24.3 Å². The van der Waals surface area contributed by atoms with E-state index < -0.39 is 0 Å². The molecule has 0 heterocycles. The summed E-state index contributed by atoms with van der Waals surface area (Å²) in [5, 5.41) is 5.61. The number of hydrogen-bond donors (Lipinski definition) is 2. The summed E-state index contributed by atoms with van der Waals surface area (Å²) in [7, 11) is 1.39. The number of hydrogen-bond acceptors (Lipinski definition) is 3. The average molecular weight is 306 g/mol. The highest BCUT2D eigenvalue weighted by Gasteiger charge is 2.03. The van der Waals surface area contributed by atoms with Gasteiger partial charge in [-0.2, -0.15) is 0 Å². The molecule has 0 aliphatic carbocycles. The number of methoxy groups -OCH3 is 1. The van der Waals surface area contributed by atoms with Crippen LogP contribution in [0.15, 0.2) is 24.3 Å². The highest BCUT2D eigenvalue weighted by Crippen LogP contribution is 2.16. The Bertz CT molecular complexity index is 469. The number of ether oxygens (including phenoxy) is 1. The predicted molar refractivity (Wildman–Crippen MR) is 88.0 cm³/mol. The second kappa shape index (κ2) is 9.82. The van der Waals surface area contributed by atoms with E-state index in [2.05, 4.69) is 29.2 Å². The molecule has 22 heavy (non-hydrogen) atoms. The Morgan fingerprint density at radius 1 is 1.09 bits per heavy atom. The van der Waals surface area contributed by atoms with E-state index in [0.717, 1.165) is 24.9 Å². The molecule has 5 nitrogen and oxygen atoms in total. The number of carbonyl (C=O) groups excluding carboxylic acids is 2. The molecule has 0 radical (unpaired) electrons. The lowest BCUT2D eigenvalue weighted by Crippen LogP contribution is -2.29. The number of benzene rings is 1. The van der Waals surface area contributed by atoms with Crippen LogP contribution in [-0.2, 0) is 9.53 Å². The Labute approximate surface area is 132 Å². The van der Waals surface area contributed by atoms with Crippen LogP contribution >= 0.6 is 0 Å². The molecule has 0 fully saturated rings. The minimum atomic E-state index is -0.203. The van der Waals surface area contributed by atoms with Crippen LogP contribution in [0.5, 0.6) is 0 Å². The van der Waals surface area contributed by atoms with Crippen LogP contribution in [0.1, 0.15) is 51.0 Å². The fourth-order valence-corrected chi connectivity index (χ4v) is 2.00. The van der Waals surface area contributed by atoms with E-state index in [0.29, 0.717) is 18.9 Å². The van der Waals surface area contributed by atoms with Crippen LogP contribution in [0.2, 0.25) is 0 Å². The van der Waals surface area contributed by atoms with Gasteiger partial charge < -0.3 is 15.4 Å². The summed E-state index contributed by atoms with van der Waals surface area (Å²) in [5.74, 6) is 0.295. The zero-order valence-corrected chi connectivity index (χ0v) is 13.6. The molecule has 0 saturated carbocycles. The smallest absolute Gasteiger partial charge is 0.319 e. The van der Waals surface area contributed by atoms with Crippen LogP contribution < -0.4 is 10.6 Å². The summed E-state index contributed by atoms with van der Waals surface area (Å²) < 4.78 is 4.57. The maximum absolute atomic E-state index is 11.7. The fourth-order valence-electron chi connectivity index (χ4n) is 2.00. The van der Waals surface area contributed by atoms with Gasteiger partial charge in [0.25, 0.3) is 0 Å². The highest BCUT2D eigenvalue weighted by atomic mass is 16.5. The Morgan fingerprint density at radius 2 is 1.77 bits per heavy atom. The topological polar surface area (TPSA) is 67.4 Å². The minimum absolute atomic E-state index is 0.185. The monoisotopic (exact) mass is 306 g/mol. The van der Waals surface area contributed by atoms with Gasteiger partial charge in [-0.15, -0.1) is 0 Å². The summed E-state index contributed by atoms with van der Waals surface area (Å²) in [6, 6.07) is 7.65. The minimum Gasteiger partial charge on any atom is -0.469 e. The quantitative estimate of drug-likeness (QED) is 0.569. The van der Waals surface area contributed by atoms with Gasteiger partial charge in [-0.3, -0.25) is 4.79 Å². The summed E-state index contributed by atoms with van der Waals surface area (Å²) in [6.45, 7) is 4.86. The molecule has 0 unspecified atom stereocenters. The molecule has 1 aromatic carbocycles. The molecule has 1 aromatic rings. The van der Waals surface area contributed by atoms with E-state index in [1.54, 1.807) is 0 Å². The third-order valence-electron chi connectivity index (χ3n) is 3.41. The first-order valence-electron chi connectivity index (χ1n) is 7.74. The predicted octanol–water partition coefficient (Wildman–Crippen LogP) is 3.66. The maximum atomic E-state index is 11.7. The van der Waals surface area contributed by atoms with Crippen LogP contribution in [0.25, 0.3) is 0 Å². The van der Waals surface area contributed by atoms with Gasteiger partial charge in [0.1, 0.15) is 0 Å². The Hall–Kier alpha value is -2.04. The van der Waals surface area contributed by atoms with Gasteiger partial charge in [-0.1, -0.05) is 32.4 Å². The number of carbonyl (C=O) groups is 2. The maximum Gasteiger partial charge on any atom is 0.319 e. The number of rotatable bonds is 8. The van der Waals surface area contributed by atoms with Crippen molar-refractivity contribution in [2.24, 2.45) is 0 Å². The van der Waals surface area contributed by atoms with E-state index in [4.69, 9.17) is 0 Å². The van der Waals surface area contributed by atoms with E-state index in [-0.39, 0.29) is 12.0 Å². The number of nitrogens with one attached hydrogen (secondary N) is 2.